The third-order valence-corrected chi connectivity index (χ3v) is 4.65. The highest BCUT2D eigenvalue weighted by Gasteiger charge is 2.18. The third kappa shape index (κ3) is 4.50. The number of nitrogens with two attached hydrogens (primary N) is 1. The Labute approximate surface area is 146 Å². The molecule has 0 fully saturated rings. The molecule has 1 amide bonds. The highest BCUT2D eigenvalue weighted by molar-refractivity contribution is 7.99. The van der Waals surface area contributed by atoms with E-state index >= 15 is 0 Å². The van der Waals surface area contributed by atoms with Gasteiger partial charge in [-0.05, 0) is 30.0 Å². The van der Waals surface area contributed by atoms with Crippen molar-refractivity contribution < 1.29 is 9.53 Å². The van der Waals surface area contributed by atoms with Gasteiger partial charge in [0, 0.05) is 7.05 Å². The van der Waals surface area contributed by atoms with Crippen molar-refractivity contribution in [2.24, 2.45) is 12.8 Å². The van der Waals surface area contributed by atoms with Gasteiger partial charge in [-0.25, -0.2) is 0 Å². The van der Waals surface area contributed by atoms with Crippen LogP contribution < -0.4 is 10.5 Å². The van der Waals surface area contributed by atoms with Gasteiger partial charge in [0.25, 0.3) is 0 Å². The summed E-state index contributed by atoms with van der Waals surface area (Å²) < 4.78 is 7.78. The molecule has 0 radical (unpaired) electrons. The van der Waals surface area contributed by atoms with E-state index in [-0.39, 0.29) is 23.2 Å². The van der Waals surface area contributed by atoms with Crippen LogP contribution in [0.3, 0.4) is 0 Å². The molecule has 0 spiro atoms. The third-order valence-electron chi connectivity index (χ3n) is 3.61. The van der Waals surface area contributed by atoms with Crippen LogP contribution in [0.1, 0.15) is 45.2 Å². The van der Waals surface area contributed by atoms with Crippen LogP contribution in [0.2, 0.25) is 0 Å². The number of aromatic nitrogens is 3. The number of carbonyl (C=O) groups is 1. The van der Waals surface area contributed by atoms with Gasteiger partial charge in [0.05, 0.1) is 5.75 Å². The van der Waals surface area contributed by atoms with Crippen LogP contribution in [0, 0.1) is 0 Å². The summed E-state index contributed by atoms with van der Waals surface area (Å²) in [6, 6.07) is 8.09. The summed E-state index contributed by atoms with van der Waals surface area (Å²) in [5.74, 6) is 1.27. The summed E-state index contributed by atoms with van der Waals surface area (Å²) in [6.45, 7) is 8.45. The van der Waals surface area contributed by atoms with Crippen molar-refractivity contribution in [2.45, 2.75) is 44.4 Å². The fraction of sp³-hybridized carbons (Fsp3) is 0.471. The summed E-state index contributed by atoms with van der Waals surface area (Å²) >= 11 is 1.26. The highest BCUT2D eigenvalue weighted by atomic mass is 32.2. The van der Waals surface area contributed by atoms with Crippen molar-refractivity contribution in [1.29, 1.82) is 0 Å². The van der Waals surface area contributed by atoms with Crippen LogP contribution in [0.4, 0.5) is 0 Å². The standard InChI is InChI=1S/C17H24N4O2S/c1-11(15-19-20-16(21(15)5)24-10-14(18)22)23-13-8-6-12(7-9-13)17(2,3)4/h6-9,11H,10H2,1-5H3,(H2,18,22)/t11-/m1/s1. The van der Waals surface area contributed by atoms with E-state index in [2.05, 4.69) is 43.1 Å². The van der Waals surface area contributed by atoms with Crippen molar-refractivity contribution in [3.05, 3.63) is 35.7 Å². The molecule has 2 N–H and O–H groups in total. The van der Waals surface area contributed by atoms with Crippen molar-refractivity contribution >= 4 is 17.7 Å². The lowest BCUT2D eigenvalue weighted by molar-refractivity contribution is -0.115. The second kappa shape index (κ2) is 7.25. The molecule has 0 aliphatic rings. The Morgan fingerprint density at radius 2 is 1.92 bits per heavy atom. The number of hydrogen-bond donors (Lipinski definition) is 1. The van der Waals surface area contributed by atoms with Gasteiger partial charge < -0.3 is 15.0 Å². The quantitative estimate of drug-likeness (QED) is 0.812. The fourth-order valence-electron chi connectivity index (χ4n) is 2.23. The maximum absolute atomic E-state index is 10.9. The summed E-state index contributed by atoms with van der Waals surface area (Å²) in [5, 5.41) is 8.89. The topological polar surface area (TPSA) is 83.0 Å². The number of thioether (sulfide) groups is 1. The molecule has 2 aromatic rings. The van der Waals surface area contributed by atoms with Gasteiger partial charge in [0.2, 0.25) is 5.91 Å². The van der Waals surface area contributed by atoms with Crippen LogP contribution in [-0.2, 0) is 17.3 Å². The van der Waals surface area contributed by atoms with Gasteiger partial charge in [-0.1, -0.05) is 44.7 Å². The molecule has 0 saturated carbocycles. The lowest BCUT2D eigenvalue weighted by Crippen LogP contribution is -2.14. The predicted molar refractivity (Wildman–Crippen MR) is 95.1 cm³/mol. The summed E-state index contributed by atoms with van der Waals surface area (Å²) in [7, 11) is 1.85. The van der Waals surface area contributed by atoms with Crippen LogP contribution in [0.25, 0.3) is 0 Å². The highest BCUT2D eigenvalue weighted by Crippen LogP contribution is 2.27. The Morgan fingerprint density at radius 1 is 1.29 bits per heavy atom. The van der Waals surface area contributed by atoms with Gasteiger partial charge in [-0.15, -0.1) is 10.2 Å². The molecular weight excluding hydrogens is 324 g/mol. The second-order valence-electron chi connectivity index (χ2n) is 6.69. The lowest BCUT2D eigenvalue weighted by atomic mass is 9.87. The molecule has 1 atom stereocenters. The normalized spacial score (nSPS) is 12.9. The summed E-state index contributed by atoms with van der Waals surface area (Å²) in [6.07, 6.45) is -0.258. The number of rotatable bonds is 6. The van der Waals surface area contributed by atoms with E-state index < -0.39 is 0 Å². The van der Waals surface area contributed by atoms with Crippen LogP contribution >= 0.6 is 11.8 Å². The van der Waals surface area contributed by atoms with Crippen LogP contribution in [-0.4, -0.2) is 26.4 Å². The number of carbonyl (C=O) groups excluding carboxylic acids is 1. The average Bonchev–Trinajstić information content (AvgIpc) is 2.86. The van der Waals surface area contributed by atoms with Gasteiger partial charge in [-0.3, -0.25) is 4.79 Å². The monoisotopic (exact) mass is 348 g/mol. The molecule has 130 valence electrons. The number of hydrogen-bond acceptors (Lipinski definition) is 5. The molecule has 1 aromatic carbocycles. The Hall–Kier alpha value is -2.02. The van der Waals surface area contributed by atoms with Crippen molar-refractivity contribution in [3.63, 3.8) is 0 Å². The molecule has 2 rings (SSSR count). The number of primary amides is 1. The predicted octanol–water partition coefficient (Wildman–Crippen LogP) is 2.83. The van der Waals surface area contributed by atoms with Gasteiger partial charge in [0.15, 0.2) is 17.1 Å². The molecule has 0 aliphatic heterocycles. The van der Waals surface area contributed by atoms with E-state index in [1.54, 1.807) is 0 Å². The van der Waals surface area contributed by atoms with Crippen LogP contribution in [0.15, 0.2) is 29.4 Å². The van der Waals surface area contributed by atoms with Crippen molar-refractivity contribution in [1.82, 2.24) is 14.8 Å². The number of ether oxygens (including phenoxy) is 1. The minimum Gasteiger partial charge on any atom is -0.483 e. The van der Waals surface area contributed by atoms with Gasteiger partial charge in [0.1, 0.15) is 5.75 Å². The van der Waals surface area contributed by atoms with Crippen molar-refractivity contribution in [2.75, 3.05) is 5.75 Å². The Kier molecular flexibility index (Phi) is 5.54. The molecule has 0 saturated heterocycles. The molecule has 0 unspecified atom stereocenters. The smallest absolute Gasteiger partial charge is 0.227 e. The zero-order valence-corrected chi connectivity index (χ0v) is 15.6. The molecule has 1 aromatic heterocycles. The second-order valence-corrected chi connectivity index (χ2v) is 7.63. The van der Waals surface area contributed by atoms with Gasteiger partial charge in [-0.2, -0.15) is 0 Å². The summed E-state index contributed by atoms with van der Waals surface area (Å²) in [4.78, 5) is 10.9. The maximum atomic E-state index is 10.9. The molecule has 0 bridgehead atoms. The molecule has 24 heavy (non-hydrogen) atoms. The van der Waals surface area contributed by atoms with E-state index in [4.69, 9.17) is 10.5 Å². The first-order valence-corrected chi connectivity index (χ1v) is 8.74. The first-order valence-electron chi connectivity index (χ1n) is 7.76. The minimum absolute atomic E-state index is 0.111. The first kappa shape index (κ1) is 18.3. The van der Waals surface area contributed by atoms with E-state index in [1.807, 2.05) is 30.7 Å². The zero-order valence-electron chi connectivity index (χ0n) is 14.7. The Morgan fingerprint density at radius 3 is 2.46 bits per heavy atom. The van der Waals surface area contributed by atoms with E-state index in [1.165, 1.54) is 17.3 Å². The number of nitrogens with zero attached hydrogens (tertiary/aromatic N) is 3. The number of benzene rings is 1. The molecule has 7 heteroatoms. The minimum atomic E-state index is -0.382. The van der Waals surface area contributed by atoms with E-state index in [9.17, 15) is 4.79 Å². The Bertz CT molecular complexity index is 704. The average molecular weight is 348 g/mol. The molecular formula is C17H24N4O2S. The zero-order chi connectivity index (χ0) is 17.9. The fourth-order valence-corrected chi connectivity index (χ4v) is 2.89. The SMILES string of the molecule is C[C@@H](Oc1ccc(C(C)(C)C)cc1)c1nnc(SCC(N)=O)n1C. The van der Waals surface area contributed by atoms with Gasteiger partial charge >= 0.3 is 0 Å². The maximum Gasteiger partial charge on any atom is 0.227 e. The molecule has 0 aliphatic carbocycles. The number of amides is 1. The lowest BCUT2D eigenvalue weighted by Gasteiger charge is -2.20. The largest absolute Gasteiger partial charge is 0.483 e. The molecule has 6 nitrogen and oxygen atoms in total. The van der Waals surface area contributed by atoms with Crippen molar-refractivity contribution in [3.8, 4) is 5.75 Å². The van der Waals surface area contributed by atoms with E-state index in [0.29, 0.717) is 11.0 Å². The first-order chi connectivity index (χ1) is 11.2. The van der Waals surface area contributed by atoms with E-state index in [0.717, 1.165) is 5.75 Å². The van der Waals surface area contributed by atoms with Crippen LogP contribution in [0.5, 0.6) is 5.75 Å². The Balaban J connectivity index is 2.07. The summed E-state index contributed by atoms with van der Waals surface area (Å²) in [5.41, 5.74) is 6.53. The molecule has 1 heterocycles.